The predicted octanol–water partition coefficient (Wildman–Crippen LogP) is 3.52. The molecule has 0 aliphatic carbocycles. The third-order valence-electron chi connectivity index (χ3n) is 3.69. The molecule has 1 saturated heterocycles. The lowest BCUT2D eigenvalue weighted by atomic mass is 9.88. The van der Waals surface area contributed by atoms with E-state index < -0.39 is 6.36 Å². The monoisotopic (exact) mass is 345 g/mol. The molecular formula is C16H22F3N3O2. The molecule has 1 heterocycles. The molecular weight excluding hydrogens is 323 g/mol. The average Bonchev–Trinajstić information content (AvgIpc) is 2.45. The second-order valence-electron chi connectivity index (χ2n) is 6.36. The van der Waals surface area contributed by atoms with Crippen LogP contribution in [0, 0.1) is 5.92 Å². The molecule has 0 saturated carbocycles. The highest BCUT2D eigenvalue weighted by atomic mass is 19.4. The summed E-state index contributed by atoms with van der Waals surface area (Å²) in [7, 11) is 0. The molecule has 1 aliphatic rings. The number of anilines is 1. The van der Waals surface area contributed by atoms with E-state index in [1.807, 2.05) is 13.8 Å². The first-order valence-corrected chi connectivity index (χ1v) is 7.70. The number of nitrogens with one attached hydrogen (secondary N) is 1. The number of alkyl halides is 3. The Morgan fingerprint density at radius 3 is 2.79 bits per heavy atom. The van der Waals surface area contributed by atoms with Gasteiger partial charge in [-0.05, 0) is 44.7 Å². The van der Waals surface area contributed by atoms with Gasteiger partial charge in [0, 0.05) is 13.2 Å². The van der Waals surface area contributed by atoms with Gasteiger partial charge >= 0.3 is 6.36 Å². The molecule has 0 bridgehead atoms. The van der Waals surface area contributed by atoms with E-state index in [9.17, 15) is 13.2 Å². The lowest BCUT2D eigenvalue weighted by Gasteiger charge is -2.34. The zero-order chi connectivity index (χ0) is 17.8. The van der Waals surface area contributed by atoms with Gasteiger partial charge in [0.1, 0.15) is 0 Å². The molecule has 1 atom stereocenters. The van der Waals surface area contributed by atoms with Crippen molar-refractivity contribution in [2.45, 2.75) is 38.7 Å². The van der Waals surface area contributed by atoms with Crippen LogP contribution in [0.1, 0.15) is 26.7 Å². The Morgan fingerprint density at radius 2 is 2.12 bits per heavy atom. The minimum atomic E-state index is -4.77. The normalized spacial score (nSPS) is 21.4. The van der Waals surface area contributed by atoms with Crippen LogP contribution in [0.2, 0.25) is 0 Å². The summed E-state index contributed by atoms with van der Waals surface area (Å²) in [6.45, 7) is 5.21. The molecule has 1 aromatic rings. The molecule has 1 aliphatic heterocycles. The highest BCUT2D eigenvalue weighted by molar-refractivity contribution is 5.93. The summed E-state index contributed by atoms with van der Waals surface area (Å²) in [4.78, 5) is 4.24. The van der Waals surface area contributed by atoms with Crippen molar-refractivity contribution < 1.29 is 22.6 Å². The van der Waals surface area contributed by atoms with Crippen LogP contribution in [0.5, 0.6) is 5.75 Å². The number of hydrogen-bond acceptors (Lipinski definition) is 3. The smallest absolute Gasteiger partial charge is 0.404 e. The SMILES string of the molecule is CC1(C)CC(CN=C(N)Nc2ccccc2OC(F)(F)F)CCO1. The highest BCUT2D eigenvalue weighted by Crippen LogP contribution is 2.30. The number of nitrogens with zero attached hydrogens (tertiary/aromatic N) is 1. The predicted molar refractivity (Wildman–Crippen MR) is 86.0 cm³/mol. The number of ether oxygens (including phenoxy) is 2. The van der Waals surface area contributed by atoms with Gasteiger partial charge in [0.15, 0.2) is 11.7 Å². The molecule has 24 heavy (non-hydrogen) atoms. The van der Waals surface area contributed by atoms with Gasteiger partial charge in [-0.3, -0.25) is 4.99 Å². The number of hydrogen-bond donors (Lipinski definition) is 2. The zero-order valence-electron chi connectivity index (χ0n) is 13.7. The van der Waals surface area contributed by atoms with E-state index in [4.69, 9.17) is 10.5 Å². The molecule has 134 valence electrons. The Kier molecular flexibility index (Phi) is 5.58. The Balaban J connectivity index is 1.98. The second-order valence-corrected chi connectivity index (χ2v) is 6.36. The van der Waals surface area contributed by atoms with E-state index in [2.05, 4.69) is 15.0 Å². The molecule has 1 unspecified atom stereocenters. The fraction of sp³-hybridized carbons (Fsp3) is 0.562. The maximum Gasteiger partial charge on any atom is 0.573 e. The molecule has 0 aromatic heterocycles. The number of guanidine groups is 1. The van der Waals surface area contributed by atoms with Crippen LogP contribution < -0.4 is 15.8 Å². The zero-order valence-corrected chi connectivity index (χ0v) is 13.7. The van der Waals surface area contributed by atoms with Crippen molar-refractivity contribution >= 4 is 11.6 Å². The highest BCUT2D eigenvalue weighted by Gasteiger charge is 2.32. The number of nitrogens with two attached hydrogens (primary N) is 1. The number of halogens is 3. The molecule has 0 spiro atoms. The topological polar surface area (TPSA) is 68.9 Å². The summed E-state index contributed by atoms with van der Waals surface area (Å²) in [6, 6.07) is 5.69. The van der Waals surface area contributed by atoms with Gasteiger partial charge in [0.05, 0.1) is 11.3 Å². The van der Waals surface area contributed by atoms with Crippen LogP contribution in [-0.4, -0.2) is 31.1 Å². The van der Waals surface area contributed by atoms with Crippen LogP contribution in [-0.2, 0) is 4.74 Å². The van der Waals surface area contributed by atoms with Gasteiger partial charge in [-0.25, -0.2) is 0 Å². The van der Waals surface area contributed by atoms with Gasteiger partial charge in [0.2, 0.25) is 0 Å². The molecule has 2 rings (SSSR count). The summed E-state index contributed by atoms with van der Waals surface area (Å²) in [5.74, 6) is 0.0311. The van der Waals surface area contributed by atoms with Gasteiger partial charge in [-0.2, -0.15) is 0 Å². The molecule has 0 radical (unpaired) electrons. The van der Waals surface area contributed by atoms with Crippen molar-refractivity contribution in [3.05, 3.63) is 24.3 Å². The molecule has 3 N–H and O–H groups in total. The third kappa shape index (κ3) is 5.92. The number of rotatable bonds is 4. The first kappa shape index (κ1) is 18.4. The van der Waals surface area contributed by atoms with E-state index in [1.165, 1.54) is 18.2 Å². The van der Waals surface area contributed by atoms with Gasteiger partial charge < -0.3 is 20.5 Å². The first-order chi connectivity index (χ1) is 11.1. The summed E-state index contributed by atoms with van der Waals surface area (Å²) < 4.78 is 46.8. The number of aliphatic imine (C=N–C) groups is 1. The maximum absolute atomic E-state index is 12.4. The lowest BCUT2D eigenvalue weighted by molar-refractivity contribution is -0.274. The standard InChI is InChI=1S/C16H22F3N3O2/c1-15(2)9-11(7-8-23-15)10-21-14(20)22-12-5-3-4-6-13(12)24-16(17,18)19/h3-6,11H,7-10H2,1-2H3,(H3,20,21,22). The second kappa shape index (κ2) is 7.29. The largest absolute Gasteiger partial charge is 0.573 e. The van der Waals surface area contributed by atoms with Crippen LogP contribution in [0.3, 0.4) is 0 Å². The maximum atomic E-state index is 12.4. The van der Waals surface area contributed by atoms with Crippen LogP contribution >= 0.6 is 0 Å². The lowest BCUT2D eigenvalue weighted by Crippen LogP contribution is -2.35. The number of para-hydroxylation sites is 2. The van der Waals surface area contributed by atoms with Crippen molar-refractivity contribution in [1.29, 1.82) is 0 Å². The minimum absolute atomic E-state index is 0.0533. The van der Waals surface area contributed by atoms with E-state index in [1.54, 1.807) is 6.07 Å². The Labute approximate surface area is 139 Å². The first-order valence-electron chi connectivity index (χ1n) is 7.70. The van der Waals surface area contributed by atoms with Crippen LogP contribution in [0.25, 0.3) is 0 Å². The van der Waals surface area contributed by atoms with Crippen molar-refractivity contribution in [1.82, 2.24) is 0 Å². The molecule has 0 amide bonds. The molecule has 5 nitrogen and oxygen atoms in total. The van der Waals surface area contributed by atoms with Crippen molar-refractivity contribution in [3.8, 4) is 5.75 Å². The van der Waals surface area contributed by atoms with Gasteiger partial charge in [0.25, 0.3) is 0 Å². The molecule has 1 aromatic carbocycles. The van der Waals surface area contributed by atoms with Crippen molar-refractivity contribution in [2.75, 3.05) is 18.5 Å². The third-order valence-corrected chi connectivity index (χ3v) is 3.69. The fourth-order valence-electron chi connectivity index (χ4n) is 2.70. The quantitative estimate of drug-likeness (QED) is 0.647. The van der Waals surface area contributed by atoms with Gasteiger partial charge in [-0.1, -0.05) is 12.1 Å². The van der Waals surface area contributed by atoms with Crippen molar-refractivity contribution in [2.24, 2.45) is 16.6 Å². The number of benzene rings is 1. The summed E-state index contributed by atoms with van der Waals surface area (Å²) >= 11 is 0. The van der Waals surface area contributed by atoms with Crippen LogP contribution in [0.4, 0.5) is 18.9 Å². The van der Waals surface area contributed by atoms with Crippen molar-refractivity contribution in [3.63, 3.8) is 0 Å². The average molecular weight is 345 g/mol. The van der Waals surface area contributed by atoms with Gasteiger partial charge in [-0.15, -0.1) is 13.2 Å². The van der Waals surface area contributed by atoms with Crippen LogP contribution in [0.15, 0.2) is 29.3 Å². The summed E-state index contributed by atoms with van der Waals surface area (Å²) in [6.07, 6.45) is -3.02. The molecule has 1 fully saturated rings. The Bertz CT molecular complexity index is 588. The van der Waals surface area contributed by atoms with E-state index in [-0.39, 0.29) is 23.0 Å². The minimum Gasteiger partial charge on any atom is -0.404 e. The fourth-order valence-corrected chi connectivity index (χ4v) is 2.70. The summed E-state index contributed by atoms with van der Waals surface area (Å²) in [5, 5.41) is 2.66. The Morgan fingerprint density at radius 1 is 1.42 bits per heavy atom. The van der Waals surface area contributed by atoms with E-state index >= 15 is 0 Å². The molecule has 8 heteroatoms. The van der Waals surface area contributed by atoms with E-state index in [0.29, 0.717) is 19.1 Å². The summed E-state index contributed by atoms with van der Waals surface area (Å²) in [5.41, 5.74) is 5.72. The Hall–Kier alpha value is -1.96. The van der Waals surface area contributed by atoms with E-state index in [0.717, 1.165) is 12.8 Å².